The second-order valence-corrected chi connectivity index (χ2v) is 4.73. The number of nitro groups is 1. The van der Waals surface area contributed by atoms with Crippen molar-refractivity contribution in [2.24, 2.45) is 5.11 Å². The minimum Gasteiger partial charge on any atom is -0.348 e. The number of azide groups is 1. The van der Waals surface area contributed by atoms with Crippen LogP contribution in [0.2, 0.25) is 0 Å². The lowest BCUT2D eigenvalue weighted by atomic mass is 10.0. The second kappa shape index (κ2) is 5.28. The summed E-state index contributed by atoms with van der Waals surface area (Å²) in [6, 6.07) is 2.59. The van der Waals surface area contributed by atoms with E-state index < -0.39 is 10.8 Å². The Labute approximate surface area is 128 Å². The lowest BCUT2D eigenvalue weighted by Crippen LogP contribution is -2.03. The van der Waals surface area contributed by atoms with E-state index in [-0.39, 0.29) is 22.5 Å². The molecule has 2 N–H and O–H groups in total. The number of nitrogens with zero attached hydrogens (tertiary/aromatic N) is 5. The number of nitrogens with one attached hydrogen (secondary N) is 2. The third-order valence-corrected chi connectivity index (χ3v) is 3.41. The van der Waals surface area contributed by atoms with Crippen molar-refractivity contribution in [1.29, 1.82) is 0 Å². The molecular formula is C13H9N7O3. The summed E-state index contributed by atoms with van der Waals surface area (Å²) in [5.41, 5.74) is 10.1. The number of benzene rings is 1. The van der Waals surface area contributed by atoms with Crippen molar-refractivity contribution in [3.8, 4) is 0 Å². The maximum atomic E-state index is 12.2. The first-order chi connectivity index (χ1) is 11.0. The van der Waals surface area contributed by atoms with Crippen LogP contribution in [-0.2, 0) is 4.79 Å². The van der Waals surface area contributed by atoms with Crippen LogP contribution in [0.5, 0.6) is 0 Å². The fourth-order valence-electron chi connectivity index (χ4n) is 2.34. The minimum absolute atomic E-state index is 0.154. The molecule has 1 aromatic carbocycles. The van der Waals surface area contributed by atoms with E-state index in [0.717, 1.165) is 5.69 Å². The number of carbonyl (C=O) groups is 1. The lowest BCUT2D eigenvalue weighted by Gasteiger charge is -2.04. The van der Waals surface area contributed by atoms with E-state index in [1.165, 1.54) is 24.5 Å². The Kier molecular flexibility index (Phi) is 3.28. The first-order valence-corrected chi connectivity index (χ1v) is 6.43. The van der Waals surface area contributed by atoms with Gasteiger partial charge >= 0.3 is 0 Å². The predicted molar refractivity (Wildman–Crippen MR) is 81.7 cm³/mol. The van der Waals surface area contributed by atoms with E-state index in [1.54, 1.807) is 6.92 Å². The number of hydrogen-bond acceptors (Lipinski definition) is 5. The Morgan fingerprint density at radius 2 is 2.26 bits per heavy atom. The van der Waals surface area contributed by atoms with Crippen molar-refractivity contribution >= 4 is 34.6 Å². The summed E-state index contributed by atoms with van der Waals surface area (Å²) >= 11 is 0. The van der Waals surface area contributed by atoms with Crippen molar-refractivity contribution in [3.05, 3.63) is 56.0 Å². The Hall–Kier alpha value is -3.65. The molecule has 1 aliphatic heterocycles. The zero-order valence-corrected chi connectivity index (χ0v) is 11.8. The molecule has 0 aliphatic carbocycles. The van der Waals surface area contributed by atoms with Crippen LogP contribution in [-0.4, -0.2) is 20.8 Å². The maximum Gasteiger partial charge on any atom is 0.279 e. The molecule has 0 saturated heterocycles. The zero-order valence-electron chi connectivity index (χ0n) is 11.8. The van der Waals surface area contributed by atoms with Gasteiger partial charge in [0.1, 0.15) is 5.69 Å². The van der Waals surface area contributed by atoms with Crippen LogP contribution in [0.1, 0.15) is 17.0 Å². The fraction of sp³-hybridized carbons (Fsp3) is 0.0769. The van der Waals surface area contributed by atoms with Crippen LogP contribution < -0.4 is 5.32 Å². The van der Waals surface area contributed by atoms with Crippen molar-refractivity contribution < 1.29 is 9.72 Å². The Morgan fingerprint density at radius 3 is 2.87 bits per heavy atom. The number of carbonyl (C=O) groups excluding carboxylic acids is 1. The number of anilines is 1. The number of rotatable bonds is 3. The molecule has 1 amide bonds. The normalized spacial score (nSPS) is 14.3. The topological polar surface area (TPSA) is 150 Å². The van der Waals surface area contributed by atoms with Crippen molar-refractivity contribution in [1.82, 2.24) is 9.97 Å². The van der Waals surface area contributed by atoms with Gasteiger partial charge in [0.15, 0.2) is 0 Å². The van der Waals surface area contributed by atoms with Gasteiger partial charge < -0.3 is 10.3 Å². The maximum absolute atomic E-state index is 12.2. The number of aryl methyl sites for hydroxylation is 1. The third-order valence-electron chi connectivity index (χ3n) is 3.41. The quantitative estimate of drug-likeness (QED) is 0.223. The first kappa shape index (κ1) is 14.3. The molecule has 0 unspecified atom stereocenters. The highest BCUT2D eigenvalue weighted by Gasteiger charge is 2.31. The third kappa shape index (κ3) is 2.28. The molecule has 2 aromatic rings. The molecule has 0 fully saturated rings. The highest BCUT2D eigenvalue weighted by molar-refractivity contribution is 6.36. The molecule has 0 spiro atoms. The summed E-state index contributed by atoms with van der Waals surface area (Å²) in [6.45, 7) is 1.77. The number of hydrogen-bond donors (Lipinski definition) is 2. The van der Waals surface area contributed by atoms with E-state index in [0.29, 0.717) is 11.4 Å². The van der Waals surface area contributed by atoms with Gasteiger partial charge in [0.2, 0.25) is 0 Å². The van der Waals surface area contributed by atoms with E-state index in [4.69, 9.17) is 5.53 Å². The molecular weight excluding hydrogens is 302 g/mol. The Balaban J connectivity index is 2.30. The van der Waals surface area contributed by atoms with Crippen LogP contribution in [0.15, 0.2) is 23.6 Å². The molecule has 0 radical (unpaired) electrons. The average Bonchev–Trinajstić information content (AvgIpc) is 3.04. The summed E-state index contributed by atoms with van der Waals surface area (Å²) in [4.78, 5) is 32.2. The number of H-pyrrole nitrogens is 1. The molecule has 1 aliphatic rings. The lowest BCUT2D eigenvalue weighted by molar-refractivity contribution is -0.384. The zero-order chi connectivity index (χ0) is 16.6. The number of aromatic amines is 1. The molecule has 114 valence electrons. The van der Waals surface area contributed by atoms with Crippen LogP contribution >= 0.6 is 0 Å². The second-order valence-electron chi connectivity index (χ2n) is 4.73. The van der Waals surface area contributed by atoms with Crippen LogP contribution in [0, 0.1) is 17.0 Å². The van der Waals surface area contributed by atoms with Gasteiger partial charge in [-0.1, -0.05) is 5.11 Å². The van der Waals surface area contributed by atoms with Crippen molar-refractivity contribution in [2.75, 3.05) is 5.32 Å². The first-order valence-electron chi connectivity index (χ1n) is 6.43. The minimum atomic E-state index is -0.662. The van der Waals surface area contributed by atoms with E-state index >= 15 is 0 Å². The summed E-state index contributed by atoms with van der Waals surface area (Å²) in [6.07, 6.45) is 2.96. The summed E-state index contributed by atoms with van der Waals surface area (Å²) < 4.78 is 0. The van der Waals surface area contributed by atoms with Gasteiger partial charge in [0, 0.05) is 22.2 Å². The SMILES string of the molecule is Cc1[nH]cnc1C=C1C(=O)Nc2ccc([N+](=O)[O-])c(N=[N+]=[N-])c21. The molecule has 1 aromatic heterocycles. The Morgan fingerprint density at radius 1 is 1.48 bits per heavy atom. The van der Waals surface area contributed by atoms with E-state index in [9.17, 15) is 14.9 Å². The molecule has 10 nitrogen and oxygen atoms in total. The van der Waals surface area contributed by atoms with E-state index in [2.05, 4.69) is 25.3 Å². The number of aromatic nitrogens is 2. The van der Waals surface area contributed by atoms with Gasteiger partial charge in [-0.2, -0.15) is 0 Å². The Bertz CT molecular complexity index is 922. The van der Waals surface area contributed by atoms with E-state index in [1.807, 2.05) is 0 Å². The molecule has 0 atom stereocenters. The van der Waals surface area contributed by atoms with Gasteiger partial charge in [-0.25, -0.2) is 4.98 Å². The highest BCUT2D eigenvalue weighted by atomic mass is 16.6. The number of imidazole rings is 1. The number of amides is 1. The monoisotopic (exact) mass is 311 g/mol. The molecule has 0 saturated carbocycles. The largest absolute Gasteiger partial charge is 0.348 e. The van der Waals surface area contributed by atoms with Gasteiger partial charge in [-0.3, -0.25) is 14.9 Å². The average molecular weight is 311 g/mol. The number of fused-ring (bicyclic) bond motifs is 1. The molecule has 10 heteroatoms. The molecule has 23 heavy (non-hydrogen) atoms. The summed E-state index contributed by atoms with van der Waals surface area (Å²) in [7, 11) is 0. The fourth-order valence-corrected chi connectivity index (χ4v) is 2.34. The van der Waals surface area contributed by atoms with Crippen LogP contribution in [0.25, 0.3) is 22.1 Å². The molecule has 0 bridgehead atoms. The smallest absolute Gasteiger partial charge is 0.279 e. The summed E-state index contributed by atoms with van der Waals surface area (Å²) in [5, 5.41) is 17.1. The van der Waals surface area contributed by atoms with Gasteiger partial charge in [0.25, 0.3) is 11.6 Å². The standard InChI is InChI=1S/C13H9N7O3/c1-6-9(16-5-15-6)4-7-11-8(17-13(7)21)2-3-10(20(22)23)12(11)18-19-14/h2-5H,1H3,(H,15,16)(H,17,21). The van der Waals surface area contributed by atoms with Crippen molar-refractivity contribution in [3.63, 3.8) is 0 Å². The van der Waals surface area contributed by atoms with Gasteiger partial charge in [0.05, 0.1) is 28.2 Å². The number of nitro benzene ring substituents is 1. The van der Waals surface area contributed by atoms with Crippen LogP contribution in [0.3, 0.4) is 0 Å². The molecule has 3 rings (SSSR count). The predicted octanol–water partition coefficient (Wildman–Crippen LogP) is 3.06. The van der Waals surface area contributed by atoms with Crippen molar-refractivity contribution in [2.45, 2.75) is 6.92 Å². The van der Waals surface area contributed by atoms with Crippen LogP contribution in [0.4, 0.5) is 17.1 Å². The summed E-state index contributed by atoms with van der Waals surface area (Å²) in [5.74, 6) is -0.447. The molecule has 2 heterocycles. The van der Waals surface area contributed by atoms with Gasteiger partial charge in [-0.05, 0) is 24.6 Å². The highest BCUT2D eigenvalue weighted by Crippen LogP contribution is 2.44. The van der Waals surface area contributed by atoms with Gasteiger partial charge in [-0.15, -0.1) is 0 Å².